The molecule has 0 aliphatic carbocycles. The summed E-state index contributed by atoms with van der Waals surface area (Å²) in [4.78, 5) is 27.3. The summed E-state index contributed by atoms with van der Waals surface area (Å²) in [6.45, 7) is 0.0884. The van der Waals surface area contributed by atoms with Crippen LogP contribution in [0.25, 0.3) is 0 Å². The number of nitro groups is 1. The van der Waals surface area contributed by atoms with Gasteiger partial charge in [0.05, 0.1) is 15.0 Å². The van der Waals surface area contributed by atoms with Crippen molar-refractivity contribution in [2.24, 2.45) is 5.16 Å². The Hall–Kier alpha value is -3.82. The highest BCUT2D eigenvalue weighted by atomic mass is 35.5. The van der Waals surface area contributed by atoms with Gasteiger partial charge < -0.3 is 19.6 Å². The molecule has 0 radical (unpaired) electrons. The Bertz CT molecular complexity index is 1210. The molecule has 176 valence electrons. The molecule has 0 heterocycles. The number of nitrogens with zero attached hydrogens (tertiary/aromatic N) is 2. The molecule has 0 aliphatic heterocycles. The lowest BCUT2D eigenvalue weighted by molar-refractivity contribution is -0.384. The van der Waals surface area contributed by atoms with E-state index in [-0.39, 0.29) is 33.8 Å². The lowest BCUT2D eigenvalue weighted by Crippen LogP contribution is -2.29. The van der Waals surface area contributed by atoms with E-state index in [1.54, 1.807) is 24.3 Å². The Labute approximate surface area is 205 Å². The number of hydrogen-bond donors (Lipinski definition) is 1. The van der Waals surface area contributed by atoms with Crippen molar-refractivity contribution in [2.75, 3.05) is 14.2 Å². The minimum Gasteiger partial charge on any atom is -0.489 e. The summed E-state index contributed by atoms with van der Waals surface area (Å²) in [7, 11) is 2.85. The molecule has 0 saturated carbocycles. The highest BCUT2D eigenvalue weighted by Crippen LogP contribution is 2.40. The standard InChI is InChI=1S/C23H19Cl2N3O6/c1-26-23(29)21(27-32-2)18-6-4-3-5-14(18)13-33-17-11-19(24)22(20(25)12-17)34-16-9-7-15(8-10-16)28(30)31/h3-12H,13H2,1-2H3,(H,26,29)/b27-21+. The van der Waals surface area contributed by atoms with Crippen molar-refractivity contribution in [3.05, 3.63) is 92.0 Å². The van der Waals surface area contributed by atoms with Gasteiger partial charge in [0.15, 0.2) is 11.5 Å². The zero-order chi connectivity index (χ0) is 24.7. The number of non-ortho nitro benzene ring substituents is 1. The molecule has 0 fully saturated rings. The average molecular weight is 504 g/mol. The quantitative estimate of drug-likeness (QED) is 0.238. The molecule has 11 heteroatoms. The van der Waals surface area contributed by atoms with Crippen molar-refractivity contribution in [1.29, 1.82) is 0 Å². The van der Waals surface area contributed by atoms with E-state index in [0.29, 0.717) is 22.6 Å². The minimum atomic E-state index is -0.507. The van der Waals surface area contributed by atoms with Crippen molar-refractivity contribution in [2.45, 2.75) is 6.61 Å². The van der Waals surface area contributed by atoms with Gasteiger partial charge in [-0.05, 0) is 17.7 Å². The summed E-state index contributed by atoms with van der Waals surface area (Å²) in [5, 5.41) is 17.5. The van der Waals surface area contributed by atoms with Gasteiger partial charge >= 0.3 is 0 Å². The Morgan fingerprint density at radius 2 is 1.71 bits per heavy atom. The van der Waals surface area contributed by atoms with Crippen LogP contribution in [0.5, 0.6) is 17.2 Å². The van der Waals surface area contributed by atoms with Crippen LogP contribution in [0.1, 0.15) is 11.1 Å². The largest absolute Gasteiger partial charge is 0.489 e. The van der Waals surface area contributed by atoms with Gasteiger partial charge in [0, 0.05) is 36.9 Å². The second-order valence-corrected chi connectivity index (χ2v) is 7.53. The summed E-state index contributed by atoms with van der Waals surface area (Å²) < 4.78 is 11.5. The molecule has 0 aliphatic rings. The number of rotatable bonds is 9. The number of likely N-dealkylation sites (N-methyl/N-ethyl adjacent to an activating group) is 1. The van der Waals surface area contributed by atoms with Crippen molar-refractivity contribution in [3.63, 3.8) is 0 Å². The fourth-order valence-corrected chi connectivity index (χ4v) is 3.48. The summed E-state index contributed by atoms with van der Waals surface area (Å²) in [6.07, 6.45) is 0. The van der Waals surface area contributed by atoms with Gasteiger partial charge in [0.1, 0.15) is 25.2 Å². The number of halogens is 2. The first-order valence-electron chi connectivity index (χ1n) is 9.79. The van der Waals surface area contributed by atoms with Crippen molar-refractivity contribution in [3.8, 4) is 17.2 Å². The van der Waals surface area contributed by atoms with Gasteiger partial charge in [-0.25, -0.2) is 0 Å². The highest BCUT2D eigenvalue weighted by Gasteiger charge is 2.18. The smallest absolute Gasteiger partial charge is 0.273 e. The zero-order valence-electron chi connectivity index (χ0n) is 18.1. The maximum Gasteiger partial charge on any atom is 0.273 e. The first-order valence-corrected chi connectivity index (χ1v) is 10.5. The first kappa shape index (κ1) is 24.8. The van der Waals surface area contributed by atoms with Crippen LogP contribution in [0, 0.1) is 10.1 Å². The first-order chi connectivity index (χ1) is 16.3. The number of ether oxygens (including phenoxy) is 2. The van der Waals surface area contributed by atoms with Crippen molar-refractivity contribution >= 4 is 40.5 Å². The van der Waals surface area contributed by atoms with E-state index in [1.165, 1.54) is 50.6 Å². The Kier molecular flexibility index (Phi) is 8.29. The Morgan fingerprint density at radius 3 is 2.29 bits per heavy atom. The fraction of sp³-hybridized carbons (Fsp3) is 0.130. The molecule has 0 spiro atoms. The molecule has 1 N–H and O–H groups in total. The van der Waals surface area contributed by atoms with E-state index in [0.717, 1.165) is 0 Å². The fourth-order valence-electron chi connectivity index (χ4n) is 2.93. The lowest BCUT2D eigenvalue weighted by Gasteiger charge is -2.14. The van der Waals surface area contributed by atoms with E-state index in [9.17, 15) is 14.9 Å². The summed E-state index contributed by atoms with van der Waals surface area (Å²) in [5.41, 5.74) is 1.26. The van der Waals surface area contributed by atoms with E-state index in [4.69, 9.17) is 37.5 Å². The summed E-state index contributed by atoms with van der Waals surface area (Å²) in [5.74, 6) is 0.467. The number of hydrogen-bond acceptors (Lipinski definition) is 7. The number of benzene rings is 3. The van der Waals surface area contributed by atoms with Crippen LogP contribution >= 0.6 is 23.2 Å². The molecule has 9 nitrogen and oxygen atoms in total. The van der Waals surface area contributed by atoms with Gasteiger partial charge in [0.2, 0.25) is 0 Å². The number of carbonyl (C=O) groups excluding carboxylic acids is 1. The molecule has 3 aromatic rings. The molecule has 0 unspecified atom stereocenters. The maximum absolute atomic E-state index is 12.2. The second-order valence-electron chi connectivity index (χ2n) is 6.72. The predicted octanol–water partition coefficient (Wildman–Crippen LogP) is 5.37. The third kappa shape index (κ3) is 5.94. The second kappa shape index (κ2) is 11.4. The molecule has 3 aromatic carbocycles. The van der Waals surface area contributed by atoms with Gasteiger partial charge in [-0.1, -0.05) is 52.6 Å². The van der Waals surface area contributed by atoms with E-state index < -0.39 is 10.8 Å². The van der Waals surface area contributed by atoms with Crippen LogP contribution in [0.3, 0.4) is 0 Å². The minimum absolute atomic E-state index is 0.0660. The van der Waals surface area contributed by atoms with Crippen LogP contribution < -0.4 is 14.8 Å². The number of oxime groups is 1. The number of carbonyl (C=O) groups is 1. The predicted molar refractivity (Wildman–Crippen MR) is 128 cm³/mol. The molecular weight excluding hydrogens is 485 g/mol. The third-order valence-corrected chi connectivity index (χ3v) is 5.09. The number of nitro benzene ring substituents is 1. The van der Waals surface area contributed by atoms with Gasteiger partial charge in [-0.2, -0.15) is 0 Å². The normalized spacial score (nSPS) is 11.0. The van der Waals surface area contributed by atoms with Gasteiger partial charge in [-0.3, -0.25) is 14.9 Å². The molecule has 34 heavy (non-hydrogen) atoms. The molecule has 0 atom stereocenters. The molecule has 1 amide bonds. The lowest BCUT2D eigenvalue weighted by atomic mass is 10.0. The molecule has 0 saturated heterocycles. The Balaban J connectivity index is 1.79. The van der Waals surface area contributed by atoms with Gasteiger partial charge in [-0.15, -0.1) is 0 Å². The van der Waals surface area contributed by atoms with E-state index in [2.05, 4.69) is 10.5 Å². The van der Waals surface area contributed by atoms with Crippen LogP contribution in [0.2, 0.25) is 10.0 Å². The SMILES string of the molecule is CNC(=O)/C(=N/OC)c1ccccc1COc1cc(Cl)c(Oc2ccc([N+](=O)[O-])cc2)c(Cl)c1. The average Bonchev–Trinajstić information content (AvgIpc) is 2.83. The molecular formula is C23H19Cl2N3O6. The number of nitrogens with one attached hydrogen (secondary N) is 1. The van der Waals surface area contributed by atoms with Crippen molar-refractivity contribution < 1.29 is 24.0 Å². The van der Waals surface area contributed by atoms with E-state index in [1.807, 2.05) is 0 Å². The third-order valence-electron chi connectivity index (χ3n) is 4.53. The molecule has 3 rings (SSSR count). The maximum atomic E-state index is 12.2. The van der Waals surface area contributed by atoms with Crippen LogP contribution in [-0.4, -0.2) is 30.7 Å². The zero-order valence-corrected chi connectivity index (χ0v) is 19.6. The topological polar surface area (TPSA) is 112 Å². The van der Waals surface area contributed by atoms with E-state index >= 15 is 0 Å². The molecule has 0 aromatic heterocycles. The van der Waals surface area contributed by atoms with Gasteiger partial charge in [0.25, 0.3) is 11.6 Å². The van der Waals surface area contributed by atoms with Crippen LogP contribution in [-0.2, 0) is 16.2 Å². The molecule has 0 bridgehead atoms. The number of amides is 1. The van der Waals surface area contributed by atoms with Crippen molar-refractivity contribution in [1.82, 2.24) is 5.32 Å². The Morgan fingerprint density at radius 1 is 1.06 bits per heavy atom. The van der Waals surface area contributed by atoms with Crippen LogP contribution in [0.15, 0.2) is 65.8 Å². The summed E-state index contributed by atoms with van der Waals surface area (Å²) in [6, 6.07) is 15.7. The summed E-state index contributed by atoms with van der Waals surface area (Å²) >= 11 is 12.7. The highest BCUT2D eigenvalue weighted by molar-refractivity contribution is 6.45. The van der Waals surface area contributed by atoms with Crippen LogP contribution in [0.4, 0.5) is 5.69 Å². The monoisotopic (exact) mass is 503 g/mol.